The molecule has 156 valence electrons. The lowest BCUT2D eigenvalue weighted by molar-refractivity contribution is 0.0556. The summed E-state index contributed by atoms with van der Waals surface area (Å²) < 4.78 is 3.39. The van der Waals surface area contributed by atoms with E-state index < -0.39 is 6.10 Å². The fourth-order valence-corrected chi connectivity index (χ4v) is 4.06. The lowest BCUT2D eigenvalue weighted by atomic mass is 9.87. The van der Waals surface area contributed by atoms with Gasteiger partial charge in [0.1, 0.15) is 0 Å². The first-order chi connectivity index (χ1) is 14.0. The third-order valence-corrected chi connectivity index (χ3v) is 5.82. The van der Waals surface area contributed by atoms with Crippen LogP contribution in [0.15, 0.2) is 66.5 Å². The van der Waals surface area contributed by atoms with Gasteiger partial charge in [-0.3, -0.25) is 4.90 Å². The molecule has 0 amide bonds. The average molecular weight is 413 g/mol. The van der Waals surface area contributed by atoms with E-state index in [1.54, 1.807) is 11.9 Å². The molecule has 2 aromatic rings. The number of nitrogens with one attached hydrogen (secondary N) is 2. The van der Waals surface area contributed by atoms with E-state index >= 15 is 0 Å². The number of para-hydroxylation sites is 1. The summed E-state index contributed by atoms with van der Waals surface area (Å²) in [6.45, 7) is 6.52. The van der Waals surface area contributed by atoms with Gasteiger partial charge in [-0.25, -0.2) is 0 Å². The van der Waals surface area contributed by atoms with Gasteiger partial charge in [0.05, 0.1) is 6.10 Å². The predicted octanol–water partition coefficient (Wildman–Crippen LogP) is 4.22. The molecule has 1 aliphatic rings. The molecule has 2 unspecified atom stereocenters. The minimum absolute atomic E-state index is 0.157. The van der Waals surface area contributed by atoms with Crippen molar-refractivity contribution in [2.75, 3.05) is 29.7 Å². The summed E-state index contributed by atoms with van der Waals surface area (Å²) in [6, 6.07) is 18.4. The first kappa shape index (κ1) is 21.6. The largest absolute Gasteiger partial charge is 0.400 e. The van der Waals surface area contributed by atoms with Gasteiger partial charge in [-0.2, -0.15) is 0 Å². The molecular formula is C23H32N4OS. The Morgan fingerprint density at radius 1 is 1.21 bits per heavy atom. The van der Waals surface area contributed by atoms with Gasteiger partial charge < -0.3 is 20.9 Å². The third-order valence-electron chi connectivity index (χ3n) is 5.00. The molecule has 1 heterocycles. The van der Waals surface area contributed by atoms with Crippen molar-refractivity contribution in [3.8, 4) is 0 Å². The quantitative estimate of drug-likeness (QED) is 0.487. The van der Waals surface area contributed by atoms with Crippen molar-refractivity contribution >= 4 is 23.3 Å². The van der Waals surface area contributed by atoms with Crippen LogP contribution in [-0.2, 0) is 0 Å². The van der Waals surface area contributed by atoms with E-state index in [1.165, 1.54) is 5.56 Å². The van der Waals surface area contributed by atoms with Crippen molar-refractivity contribution in [2.24, 2.45) is 5.73 Å². The molecule has 2 atom stereocenters. The Labute approximate surface area is 178 Å². The highest BCUT2D eigenvalue weighted by Gasteiger charge is 2.29. The second-order valence-corrected chi connectivity index (χ2v) is 9.20. The standard InChI is InChI=1S/C23H32N4OS/c1-17(2)29-26-21-10-6-7-18(13-21)22-11-12-27(16-23(22)28)15-19(24)14-25-20-8-4-3-5-9-20/h3-10,13-14,17,22-23,25-26,28H,11-12,15-16,24H2,1-2H3/b19-14-. The minimum Gasteiger partial charge on any atom is -0.400 e. The predicted molar refractivity (Wildman–Crippen MR) is 125 cm³/mol. The number of nitrogens with zero attached hydrogens (tertiary/aromatic N) is 1. The second-order valence-electron chi connectivity index (χ2n) is 7.82. The molecule has 5 N–H and O–H groups in total. The van der Waals surface area contributed by atoms with Crippen LogP contribution >= 0.6 is 11.9 Å². The number of hydrogen-bond donors (Lipinski definition) is 4. The Bertz CT molecular complexity index is 796. The molecule has 6 heteroatoms. The second kappa shape index (κ2) is 10.6. The maximum absolute atomic E-state index is 10.8. The number of likely N-dealkylation sites (tertiary alicyclic amines) is 1. The van der Waals surface area contributed by atoms with Crippen LogP contribution in [0.5, 0.6) is 0 Å². The van der Waals surface area contributed by atoms with Crippen LogP contribution in [0.4, 0.5) is 11.4 Å². The highest BCUT2D eigenvalue weighted by atomic mass is 32.2. The topological polar surface area (TPSA) is 73.5 Å². The molecule has 1 fully saturated rings. The van der Waals surface area contributed by atoms with Gasteiger partial charge >= 0.3 is 0 Å². The summed E-state index contributed by atoms with van der Waals surface area (Å²) >= 11 is 1.70. The molecule has 1 saturated heterocycles. The molecule has 1 aliphatic heterocycles. The fourth-order valence-electron chi connectivity index (χ4n) is 3.56. The molecule has 0 spiro atoms. The average Bonchev–Trinajstić information content (AvgIpc) is 2.72. The molecular weight excluding hydrogens is 380 g/mol. The number of piperidine rings is 1. The zero-order valence-electron chi connectivity index (χ0n) is 17.2. The number of benzene rings is 2. The van der Waals surface area contributed by atoms with Crippen molar-refractivity contribution in [3.05, 3.63) is 72.1 Å². The summed E-state index contributed by atoms with van der Waals surface area (Å²) in [7, 11) is 0. The Balaban J connectivity index is 1.53. The van der Waals surface area contributed by atoms with E-state index in [0.717, 1.165) is 30.0 Å². The van der Waals surface area contributed by atoms with E-state index in [1.807, 2.05) is 36.5 Å². The zero-order valence-corrected chi connectivity index (χ0v) is 18.0. The highest BCUT2D eigenvalue weighted by molar-refractivity contribution is 8.01. The third kappa shape index (κ3) is 6.70. The van der Waals surface area contributed by atoms with Crippen molar-refractivity contribution in [1.29, 1.82) is 0 Å². The maximum Gasteiger partial charge on any atom is 0.0736 e. The molecule has 0 radical (unpaired) electrons. The van der Waals surface area contributed by atoms with Crippen LogP contribution in [0.1, 0.15) is 31.7 Å². The van der Waals surface area contributed by atoms with Crippen LogP contribution in [0.2, 0.25) is 0 Å². The van der Waals surface area contributed by atoms with Gasteiger partial charge in [-0.15, -0.1) is 0 Å². The molecule has 0 bridgehead atoms. The van der Waals surface area contributed by atoms with Gasteiger partial charge in [-0.05, 0) is 54.7 Å². The molecule has 0 aromatic heterocycles. The number of hydrogen-bond acceptors (Lipinski definition) is 6. The first-order valence-corrected chi connectivity index (χ1v) is 11.1. The summed E-state index contributed by atoms with van der Waals surface area (Å²) in [6.07, 6.45) is 2.36. The van der Waals surface area contributed by atoms with E-state index in [4.69, 9.17) is 5.73 Å². The first-order valence-electron chi connectivity index (χ1n) is 10.2. The van der Waals surface area contributed by atoms with Gasteiger partial charge in [0.2, 0.25) is 0 Å². The number of β-amino-alcohol motifs (C(OH)–C–C–N with tert-alkyl or cyclic N) is 1. The van der Waals surface area contributed by atoms with Crippen LogP contribution in [0.25, 0.3) is 0 Å². The van der Waals surface area contributed by atoms with Gasteiger partial charge in [0, 0.05) is 47.5 Å². The molecule has 2 aromatic carbocycles. The molecule has 3 rings (SSSR count). The van der Waals surface area contributed by atoms with Crippen LogP contribution < -0.4 is 15.8 Å². The van der Waals surface area contributed by atoms with Crippen LogP contribution in [-0.4, -0.2) is 41.0 Å². The molecule has 5 nitrogen and oxygen atoms in total. The zero-order chi connectivity index (χ0) is 20.6. The number of nitrogens with two attached hydrogens (primary N) is 1. The van der Waals surface area contributed by atoms with Crippen LogP contribution in [0.3, 0.4) is 0 Å². The van der Waals surface area contributed by atoms with E-state index in [9.17, 15) is 5.11 Å². The molecule has 0 saturated carbocycles. The highest BCUT2D eigenvalue weighted by Crippen LogP contribution is 2.31. The normalized spacial score (nSPS) is 20.6. The lowest BCUT2D eigenvalue weighted by Gasteiger charge is -2.36. The SMILES string of the molecule is CC(C)SNc1cccc(C2CCN(C/C(N)=C/Nc3ccccc3)CC2O)c1. The van der Waals surface area contributed by atoms with Gasteiger partial charge in [-0.1, -0.05) is 44.2 Å². The molecule has 0 aliphatic carbocycles. The van der Waals surface area contributed by atoms with Crippen LogP contribution in [0, 0.1) is 0 Å². The summed E-state index contributed by atoms with van der Waals surface area (Å²) in [4.78, 5) is 2.22. The Morgan fingerprint density at radius 3 is 2.69 bits per heavy atom. The molecule has 29 heavy (non-hydrogen) atoms. The van der Waals surface area contributed by atoms with Crippen molar-refractivity contribution < 1.29 is 5.11 Å². The van der Waals surface area contributed by atoms with Crippen molar-refractivity contribution in [3.63, 3.8) is 0 Å². The van der Waals surface area contributed by atoms with E-state index in [0.29, 0.717) is 18.3 Å². The summed E-state index contributed by atoms with van der Waals surface area (Å²) in [5.74, 6) is 0.157. The Morgan fingerprint density at radius 2 is 1.97 bits per heavy atom. The maximum atomic E-state index is 10.8. The Kier molecular flexibility index (Phi) is 7.86. The number of anilines is 2. The minimum atomic E-state index is -0.397. The number of aliphatic hydroxyl groups excluding tert-OH is 1. The smallest absolute Gasteiger partial charge is 0.0736 e. The van der Waals surface area contributed by atoms with Gasteiger partial charge in [0.25, 0.3) is 0 Å². The Hall–Kier alpha value is -2.15. The monoisotopic (exact) mass is 412 g/mol. The van der Waals surface area contributed by atoms with Gasteiger partial charge in [0.15, 0.2) is 0 Å². The lowest BCUT2D eigenvalue weighted by Crippen LogP contribution is -2.44. The van der Waals surface area contributed by atoms with E-state index in [2.05, 4.69) is 53.1 Å². The summed E-state index contributed by atoms with van der Waals surface area (Å²) in [5.41, 5.74) is 10.2. The fraction of sp³-hybridized carbons (Fsp3) is 0.391. The van der Waals surface area contributed by atoms with E-state index in [-0.39, 0.29) is 5.92 Å². The van der Waals surface area contributed by atoms with Crippen molar-refractivity contribution in [2.45, 2.75) is 37.5 Å². The number of rotatable bonds is 8. The number of aliphatic hydroxyl groups is 1. The van der Waals surface area contributed by atoms with Crippen molar-refractivity contribution in [1.82, 2.24) is 4.90 Å². The summed E-state index contributed by atoms with van der Waals surface area (Å²) in [5, 5.41) is 14.5.